The van der Waals surface area contributed by atoms with Crippen LogP contribution in [0.15, 0.2) is 59.4 Å². The van der Waals surface area contributed by atoms with Gasteiger partial charge in [0.1, 0.15) is 6.04 Å². The molecule has 1 unspecified atom stereocenters. The number of anilines is 1. The summed E-state index contributed by atoms with van der Waals surface area (Å²) in [7, 11) is 2.02. The summed E-state index contributed by atoms with van der Waals surface area (Å²) in [5, 5.41) is 1.66. The molecule has 0 bridgehead atoms. The molecule has 3 aromatic rings. The minimum Gasteiger partial charge on any atom is -0.367 e. The number of likely N-dealkylation sites (N-methyl/N-ethyl adjacent to an activating group) is 1. The molecule has 0 aliphatic carbocycles. The molecule has 3 heterocycles. The Morgan fingerprint density at radius 3 is 2.36 bits per heavy atom. The number of pyridine rings is 1. The number of aromatic nitrogens is 1. The van der Waals surface area contributed by atoms with Crippen molar-refractivity contribution < 1.29 is 9.59 Å². The molecule has 36 heavy (non-hydrogen) atoms. The average molecular weight is 528 g/mol. The molecule has 8 nitrogen and oxygen atoms in total. The van der Waals surface area contributed by atoms with E-state index < -0.39 is 17.6 Å². The van der Waals surface area contributed by atoms with E-state index in [2.05, 4.69) is 4.90 Å². The molecular weight excluding hydrogens is 501 g/mol. The van der Waals surface area contributed by atoms with Crippen molar-refractivity contribution in [1.29, 1.82) is 0 Å². The van der Waals surface area contributed by atoms with E-state index in [-0.39, 0.29) is 19.0 Å². The Balaban J connectivity index is 1.50. The SMILES string of the molecule is CN1CCN(C(=O)C2CN(c3ccc(Cl)c(Cl)c3)CCN2C(=O)n2c(=O)ccc3ccccc32)CC1. The van der Waals surface area contributed by atoms with E-state index in [1.54, 1.807) is 35.2 Å². The first kappa shape index (κ1) is 24.6. The number of rotatable bonds is 2. The van der Waals surface area contributed by atoms with E-state index in [0.29, 0.717) is 35.2 Å². The van der Waals surface area contributed by atoms with Crippen molar-refractivity contribution >= 4 is 51.7 Å². The van der Waals surface area contributed by atoms with Gasteiger partial charge in [-0.05, 0) is 42.8 Å². The van der Waals surface area contributed by atoms with Gasteiger partial charge in [0.15, 0.2) is 0 Å². The summed E-state index contributed by atoms with van der Waals surface area (Å²) >= 11 is 12.4. The number of carbonyl (C=O) groups excluding carboxylic acids is 2. The largest absolute Gasteiger partial charge is 0.367 e. The van der Waals surface area contributed by atoms with Crippen molar-refractivity contribution in [2.24, 2.45) is 0 Å². The molecule has 0 radical (unpaired) electrons. The number of piperazine rings is 2. The summed E-state index contributed by atoms with van der Waals surface area (Å²) < 4.78 is 1.18. The van der Waals surface area contributed by atoms with Gasteiger partial charge in [-0.15, -0.1) is 0 Å². The van der Waals surface area contributed by atoms with E-state index in [4.69, 9.17) is 23.2 Å². The third-order valence-corrected chi connectivity index (χ3v) is 7.73. The predicted octanol–water partition coefficient (Wildman–Crippen LogP) is 3.24. The van der Waals surface area contributed by atoms with Crippen LogP contribution in [0.25, 0.3) is 10.9 Å². The van der Waals surface area contributed by atoms with Crippen LogP contribution in [-0.2, 0) is 4.79 Å². The molecule has 1 aromatic heterocycles. The maximum Gasteiger partial charge on any atom is 0.332 e. The van der Waals surface area contributed by atoms with Gasteiger partial charge in [-0.3, -0.25) is 9.59 Å². The van der Waals surface area contributed by atoms with Gasteiger partial charge >= 0.3 is 6.03 Å². The summed E-state index contributed by atoms with van der Waals surface area (Å²) in [6, 6.07) is 14.5. The van der Waals surface area contributed by atoms with E-state index in [1.807, 2.05) is 35.0 Å². The van der Waals surface area contributed by atoms with Crippen molar-refractivity contribution in [3.8, 4) is 0 Å². The zero-order valence-electron chi connectivity index (χ0n) is 19.9. The molecule has 2 amide bonds. The molecule has 0 saturated carbocycles. The number of hydrogen-bond acceptors (Lipinski definition) is 5. The highest BCUT2D eigenvalue weighted by Gasteiger charge is 2.39. The molecule has 2 aliphatic heterocycles. The molecule has 2 aromatic carbocycles. The van der Waals surface area contributed by atoms with Crippen molar-refractivity contribution in [2.75, 3.05) is 57.8 Å². The highest BCUT2D eigenvalue weighted by atomic mass is 35.5. The number of fused-ring (bicyclic) bond motifs is 1. The fraction of sp³-hybridized carbons (Fsp3) is 0.346. The van der Waals surface area contributed by atoms with Crippen LogP contribution in [0.1, 0.15) is 0 Å². The molecule has 10 heteroatoms. The van der Waals surface area contributed by atoms with Gasteiger partial charge in [-0.1, -0.05) is 41.4 Å². The predicted molar refractivity (Wildman–Crippen MR) is 142 cm³/mol. The van der Waals surface area contributed by atoms with Crippen molar-refractivity contribution in [1.82, 2.24) is 19.3 Å². The van der Waals surface area contributed by atoms with Gasteiger partial charge in [0.25, 0.3) is 5.56 Å². The van der Waals surface area contributed by atoms with Gasteiger partial charge in [-0.25, -0.2) is 9.36 Å². The third-order valence-electron chi connectivity index (χ3n) is 6.99. The number of carbonyl (C=O) groups is 2. The quantitative estimate of drug-likeness (QED) is 0.511. The van der Waals surface area contributed by atoms with Gasteiger partial charge in [0, 0.05) is 57.6 Å². The Morgan fingerprint density at radius 2 is 1.61 bits per heavy atom. The average Bonchev–Trinajstić information content (AvgIpc) is 2.89. The van der Waals surface area contributed by atoms with Crippen LogP contribution in [0, 0.1) is 0 Å². The number of amides is 2. The van der Waals surface area contributed by atoms with E-state index in [0.717, 1.165) is 24.2 Å². The Bertz CT molecular complexity index is 1370. The maximum absolute atomic E-state index is 13.9. The number of benzene rings is 2. The second-order valence-corrected chi connectivity index (χ2v) is 10.0. The lowest BCUT2D eigenvalue weighted by molar-refractivity contribution is -0.137. The smallest absolute Gasteiger partial charge is 0.332 e. The molecule has 2 fully saturated rings. The van der Waals surface area contributed by atoms with Crippen molar-refractivity contribution in [3.63, 3.8) is 0 Å². The zero-order valence-corrected chi connectivity index (χ0v) is 21.5. The number of hydrogen-bond donors (Lipinski definition) is 0. The van der Waals surface area contributed by atoms with Crippen LogP contribution < -0.4 is 10.5 Å². The first-order valence-electron chi connectivity index (χ1n) is 11.9. The van der Waals surface area contributed by atoms with Crippen LogP contribution in [0.5, 0.6) is 0 Å². The normalized spacial score (nSPS) is 19.1. The van der Waals surface area contributed by atoms with Crippen LogP contribution in [0.2, 0.25) is 10.0 Å². The lowest BCUT2D eigenvalue weighted by Gasteiger charge is -2.44. The fourth-order valence-corrected chi connectivity index (χ4v) is 5.18. The summed E-state index contributed by atoms with van der Waals surface area (Å²) in [5.41, 5.74) is 0.930. The Hall–Kier alpha value is -3.07. The topological polar surface area (TPSA) is 69.1 Å². The molecule has 188 valence electrons. The highest BCUT2D eigenvalue weighted by Crippen LogP contribution is 2.29. The van der Waals surface area contributed by atoms with Crippen LogP contribution in [-0.4, -0.2) is 90.1 Å². The number of halogens is 2. The zero-order chi connectivity index (χ0) is 25.4. The number of para-hydroxylation sites is 1. The first-order chi connectivity index (χ1) is 17.3. The highest BCUT2D eigenvalue weighted by molar-refractivity contribution is 6.42. The van der Waals surface area contributed by atoms with Gasteiger partial charge in [0.05, 0.1) is 15.6 Å². The van der Waals surface area contributed by atoms with Crippen LogP contribution >= 0.6 is 23.2 Å². The minimum absolute atomic E-state index is 0.116. The molecule has 5 rings (SSSR count). The van der Waals surface area contributed by atoms with Crippen molar-refractivity contribution in [3.05, 3.63) is 75.0 Å². The summed E-state index contributed by atoms with van der Waals surface area (Å²) in [6.45, 7) is 3.77. The second kappa shape index (κ2) is 10.1. The summed E-state index contributed by atoms with van der Waals surface area (Å²) in [4.78, 5) is 48.1. The van der Waals surface area contributed by atoms with E-state index in [1.165, 1.54) is 10.6 Å². The Labute approximate surface area is 219 Å². The third kappa shape index (κ3) is 4.68. The van der Waals surface area contributed by atoms with Gasteiger partial charge in [0.2, 0.25) is 5.91 Å². The molecule has 2 saturated heterocycles. The van der Waals surface area contributed by atoms with Crippen LogP contribution in [0.4, 0.5) is 10.5 Å². The van der Waals surface area contributed by atoms with Gasteiger partial charge < -0.3 is 19.6 Å². The second-order valence-electron chi connectivity index (χ2n) is 9.23. The molecule has 1 atom stereocenters. The monoisotopic (exact) mass is 527 g/mol. The summed E-state index contributed by atoms with van der Waals surface area (Å²) in [5.74, 6) is -0.116. The fourth-order valence-electron chi connectivity index (χ4n) is 4.89. The Morgan fingerprint density at radius 1 is 0.861 bits per heavy atom. The molecule has 0 spiro atoms. The maximum atomic E-state index is 13.9. The lowest BCUT2D eigenvalue weighted by Crippen LogP contribution is -2.64. The van der Waals surface area contributed by atoms with E-state index >= 15 is 0 Å². The van der Waals surface area contributed by atoms with Gasteiger partial charge in [-0.2, -0.15) is 0 Å². The van der Waals surface area contributed by atoms with Crippen molar-refractivity contribution in [2.45, 2.75) is 6.04 Å². The number of nitrogens with zero attached hydrogens (tertiary/aromatic N) is 5. The first-order valence-corrected chi connectivity index (χ1v) is 12.7. The standard InChI is InChI=1S/C26H27Cl2N5O3/c1-29-10-12-30(13-11-29)25(35)23-17-31(19-7-8-20(27)21(28)16-19)14-15-32(23)26(36)33-22-5-3-2-4-18(22)6-9-24(33)34/h2-9,16,23H,10-15,17H2,1H3. The molecular formula is C26H27Cl2N5O3. The minimum atomic E-state index is -0.755. The summed E-state index contributed by atoms with van der Waals surface area (Å²) in [6.07, 6.45) is 0. The molecule has 0 N–H and O–H groups in total. The Kier molecular flexibility index (Phi) is 6.92. The van der Waals surface area contributed by atoms with E-state index in [9.17, 15) is 14.4 Å². The van der Waals surface area contributed by atoms with Crippen LogP contribution in [0.3, 0.4) is 0 Å². The lowest BCUT2D eigenvalue weighted by atomic mass is 10.1. The molecule has 2 aliphatic rings.